The Morgan fingerprint density at radius 1 is 1.10 bits per heavy atom. The zero-order chi connectivity index (χ0) is 20.2. The molecule has 1 aliphatic heterocycles. The molecule has 0 bridgehead atoms. The molecule has 148 valence electrons. The fourth-order valence-corrected chi connectivity index (χ4v) is 3.41. The normalized spacial score (nSPS) is 14.2. The van der Waals surface area contributed by atoms with Crippen molar-refractivity contribution < 1.29 is 9.59 Å². The predicted molar refractivity (Wildman–Crippen MR) is 113 cm³/mol. The smallest absolute Gasteiger partial charge is 0.269 e. The monoisotopic (exact) mass is 389 g/mol. The quantitative estimate of drug-likeness (QED) is 0.703. The van der Waals surface area contributed by atoms with Crippen LogP contribution < -0.4 is 5.01 Å². The number of aromatic amines is 1. The lowest BCUT2D eigenvalue weighted by atomic mass is 10.1. The number of rotatable bonds is 6. The number of fused-ring (bicyclic) bond motifs is 1. The number of hydrogen-bond donors (Lipinski definition) is 1. The van der Waals surface area contributed by atoms with E-state index in [-0.39, 0.29) is 18.2 Å². The maximum Gasteiger partial charge on any atom is 0.269 e. The molecule has 0 saturated carbocycles. The average molecular weight is 389 g/mol. The number of nitrogens with one attached hydrogen (secondary N) is 1. The Kier molecular flexibility index (Phi) is 5.37. The highest BCUT2D eigenvalue weighted by Crippen LogP contribution is 2.20. The van der Waals surface area contributed by atoms with Crippen LogP contribution in [0.5, 0.6) is 0 Å². The van der Waals surface area contributed by atoms with Gasteiger partial charge in [-0.1, -0.05) is 30.3 Å². The van der Waals surface area contributed by atoms with Crippen molar-refractivity contribution in [3.8, 4) is 0 Å². The Balaban J connectivity index is 1.37. The summed E-state index contributed by atoms with van der Waals surface area (Å²) in [6.45, 7) is 0.591. The molecule has 1 aliphatic rings. The SMILES string of the molecule is CN(CCCc1nc2ccccc2[nH]1)C(=O)C1=NN(c2ccccc2)C(=O)CC1. The number of anilines is 1. The molecule has 2 heterocycles. The Morgan fingerprint density at radius 3 is 2.66 bits per heavy atom. The summed E-state index contributed by atoms with van der Waals surface area (Å²) in [5, 5.41) is 5.67. The first-order valence-electron chi connectivity index (χ1n) is 9.76. The zero-order valence-electron chi connectivity index (χ0n) is 16.3. The number of amides is 2. The number of para-hydroxylation sites is 3. The van der Waals surface area contributed by atoms with Gasteiger partial charge in [-0.2, -0.15) is 5.10 Å². The lowest BCUT2D eigenvalue weighted by Crippen LogP contribution is -2.40. The van der Waals surface area contributed by atoms with E-state index in [0.29, 0.717) is 24.4 Å². The van der Waals surface area contributed by atoms with Crippen LogP contribution in [-0.2, 0) is 16.0 Å². The first-order chi connectivity index (χ1) is 14.1. The van der Waals surface area contributed by atoms with Gasteiger partial charge in [-0.25, -0.2) is 9.99 Å². The van der Waals surface area contributed by atoms with Crippen LogP contribution in [0.4, 0.5) is 5.69 Å². The second-order valence-electron chi connectivity index (χ2n) is 7.12. The summed E-state index contributed by atoms with van der Waals surface area (Å²) in [4.78, 5) is 34.6. The van der Waals surface area contributed by atoms with Crippen LogP contribution in [-0.4, -0.2) is 46.0 Å². The summed E-state index contributed by atoms with van der Waals surface area (Å²) in [5.41, 5.74) is 3.07. The molecule has 3 aromatic rings. The molecule has 1 N–H and O–H groups in total. The van der Waals surface area contributed by atoms with Crippen LogP contribution in [0.1, 0.15) is 25.1 Å². The highest BCUT2D eigenvalue weighted by molar-refractivity contribution is 6.40. The number of hydrogen-bond acceptors (Lipinski definition) is 4. The number of imidazole rings is 1. The van der Waals surface area contributed by atoms with Crippen LogP contribution in [0.25, 0.3) is 11.0 Å². The first-order valence-corrected chi connectivity index (χ1v) is 9.76. The third-order valence-corrected chi connectivity index (χ3v) is 4.97. The van der Waals surface area contributed by atoms with Gasteiger partial charge in [-0.3, -0.25) is 9.59 Å². The lowest BCUT2D eigenvalue weighted by Gasteiger charge is -2.25. The van der Waals surface area contributed by atoms with Gasteiger partial charge >= 0.3 is 0 Å². The molecule has 4 rings (SSSR count). The van der Waals surface area contributed by atoms with Gasteiger partial charge in [0.1, 0.15) is 11.5 Å². The highest BCUT2D eigenvalue weighted by Gasteiger charge is 2.27. The van der Waals surface area contributed by atoms with E-state index in [1.54, 1.807) is 11.9 Å². The van der Waals surface area contributed by atoms with E-state index >= 15 is 0 Å². The van der Waals surface area contributed by atoms with Gasteiger partial charge < -0.3 is 9.88 Å². The maximum atomic E-state index is 12.8. The van der Waals surface area contributed by atoms with Gasteiger partial charge in [0.2, 0.25) is 5.91 Å². The van der Waals surface area contributed by atoms with Gasteiger partial charge in [-0.05, 0) is 30.7 Å². The minimum absolute atomic E-state index is 0.0970. The van der Waals surface area contributed by atoms with Gasteiger partial charge in [0.15, 0.2) is 0 Å². The molecule has 0 radical (unpaired) electrons. The third kappa shape index (κ3) is 4.18. The molecule has 1 aromatic heterocycles. The topological polar surface area (TPSA) is 81.7 Å². The van der Waals surface area contributed by atoms with E-state index in [1.807, 2.05) is 54.6 Å². The van der Waals surface area contributed by atoms with Crippen LogP contribution in [0.3, 0.4) is 0 Å². The summed E-state index contributed by atoms with van der Waals surface area (Å²) in [7, 11) is 1.77. The fraction of sp³-hybridized carbons (Fsp3) is 0.273. The van der Waals surface area contributed by atoms with Crippen molar-refractivity contribution in [2.24, 2.45) is 5.10 Å². The van der Waals surface area contributed by atoms with Crippen molar-refractivity contribution in [1.82, 2.24) is 14.9 Å². The standard InChI is InChI=1S/C22H23N5O2/c1-26(15-7-12-20-23-17-10-5-6-11-18(17)24-20)22(29)19-13-14-21(28)27(25-19)16-8-3-2-4-9-16/h2-6,8-11H,7,12-15H2,1H3,(H,23,24). The molecule has 0 fully saturated rings. The van der Waals surface area contributed by atoms with Crippen LogP contribution in [0, 0.1) is 0 Å². The van der Waals surface area contributed by atoms with E-state index in [4.69, 9.17) is 0 Å². The van der Waals surface area contributed by atoms with Gasteiger partial charge in [0.25, 0.3) is 5.91 Å². The van der Waals surface area contributed by atoms with E-state index in [0.717, 1.165) is 29.7 Å². The van der Waals surface area contributed by atoms with Crippen molar-refractivity contribution in [1.29, 1.82) is 0 Å². The molecule has 0 unspecified atom stereocenters. The van der Waals surface area contributed by atoms with Crippen molar-refractivity contribution in [3.05, 3.63) is 60.4 Å². The van der Waals surface area contributed by atoms with Gasteiger partial charge in [-0.15, -0.1) is 0 Å². The number of aryl methyl sites for hydroxylation is 1. The molecular formula is C22H23N5O2. The van der Waals surface area contributed by atoms with E-state index < -0.39 is 0 Å². The van der Waals surface area contributed by atoms with Crippen LogP contribution >= 0.6 is 0 Å². The summed E-state index contributed by atoms with van der Waals surface area (Å²) < 4.78 is 0. The molecule has 7 heteroatoms. The first kappa shape index (κ1) is 18.9. The summed E-state index contributed by atoms with van der Waals surface area (Å²) in [6.07, 6.45) is 2.20. The molecule has 0 atom stereocenters. The summed E-state index contributed by atoms with van der Waals surface area (Å²) >= 11 is 0. The molecule has 7 nitrogen and oxygen atoms in total. The maximum absolute atomic E-state index is 12.8. The molecular weight excluding hydrogens is 366 g/mol. The molecule has 0 aliphatic carbocycles. The number of aromatic nitrogens is 2. The van der Waals surface area contributed by atoms with Crippen LogP contribution in [0.2, 0.25) is 0 Å². The predicted octanol–water partition coefficient (Wildman–Crippen LogP) is 3.14. The Morgan fingerprint density at radius 2 is 1.86 bits per heavy atom. The van der Waals surface area contributed by atoms with Crippen molar-refractivity contribution >= 4 is 34.2 Å². The van der Waals surface area contributed by atoms with E-state index in [2.05, 4.69) is 15.1 Å². The molecule has 2 aromatic carbocycles. The lowest BCUT2D eigenvalue weighted by molar-refractivity contribution is -0.123. The Labute approximate surface area is 169 Å². The number of carbonyl (C=O) groups is 2. The van der Waals surface area contributed by atoms with Crippen molar-refractivity contribution in [3.63, 3.8) is 0 Å². The largest absolute Gasteiger partial charge is 0.342 e. The number of benzene rings is 2. The minimum atomic E-state index is -0.136. The summed E-state index contributed by atoms with van der Waals surface area (Å²) in [6, 6.07) is 17.1. The van der Waals surface area contributed by atoms with Gasteiger partial charge in [0.05, 0.1) is 16.7 Å². The second kappa shape index (κ2) is 8.26. The van der Waals surface area contributed by atoms with E-state index in [9.17, 15) is 9.59 Å². The molecule has 0 spiro atoms. The molecule has 29 heavy (non-hydrogen) atoms. The summed E-state index contributed by atoms with van der Waals surface area (Å²) in [5.74, 6) is 0.686. The Hall–Kier alpha value is -3.48. The number of carbonyl (C=O) groups excluding carboxylic acids is 2. The van der Waals surface area contributed by atoms with Crippen LogP contribution in [0.15, 0.2) is 59.7 Å². The third-order valence-electron chi connectivity index (χ3n) is 4.97. The van der Waals surface area contributed by atoms with E-state index in [1.165, 1.54) is 5.01 Å². The average Bonchev–Trinajstić information content (AvgIpc) is 3.17. The molecule has 0 saturated heterocycles. The number of nitrogens with zero attached hydrogens (tertiary/aromatic N) is 4. The zero-order valence-corrected chi connectivity index (χ0v) is 16.3. The second-order valence-corrected chi connectivity index (χ2v) is 7.12. The Bertz CT molecular complexity index is 1020. The molecule has 2 amide bonds. The van der Waals surface area contributed by atoms with Crippen molar-refractivity contribution in [2.75, 3.05) is 18.6 Å². The van der Waals surface area contributed by atoms with Crippen molar-refractivity contribution in [2.45, 2.75) is 25.7 Å². The highest BCUT2D eigenvalue weighted by atomic mass is 16.2. The number of H-pyrrole nitrogens is 1. The minimum Gasteiger partial charge on any atom is -0.342 e. The number of hydrazone groups is 1. The van der Waals surface area contributed by atoms with Gasteiger partial charge in [0, 0.05) is 32.9 Å². The fourth-order valence-electron chi connectivity index (χ4n) is 3.41.